The molecule has 3 nitrogen and oxygen atoms in total. The van der Waals surface area contributed by atoms with Gasteiger partial charge in [-0.2, -0.15) is 0 Å². The minimum absolute atomic E-state index is 0.429. The fraction of sp³-hybridized carbons (Fsp3) is 0.667. The van der Waals surface area contributed by atoms with Crippen LogP contribution in [0.2, 0.25) is 0 Å². The maximum atomic E-state index is 5.86. The zero-order valence-electron chi connectivity index (χ0n) is 14.0. The Labute approximate surface area is 129 Å². The molecule has 1 aromatic rings. The number of likely N-dealkylation sites (tertiary alicyclic amines) is 1. The molecule has 1 aliphatic rings. The Morgan fingerprint density at radius 2 is 1.95 bits per heavy atom. The van der Waals surface area contributed by atoms with Gasteiger partial charge in [0.1, 0.15) is 12.4 Å². The molecule has 1 aromatic carbocycles. The third-order valence-corrected chi connectivity index (χ3v) is 4.48. The van der Waals surface area contributed by atoms with E-state index in [9.17, 15) is 0 Å². The molecular formula is C18H30N2O. The minimum atomic E-state index is 0.429. The predicted octanol–water partition coefficient (Wildman–Crippen LogP) is 3.15. The Balaban J connectivity index is 1.70. The van der Waals surface area contributed by atoms with Crippen LogP contribution in [0.25, 0.3) is 0 Å². The Morgan fingerprint density at radius 1 is 1.24 bits per heavy atom. The van der Waals surface area contributed by atoms with Crippen molar-refractivity contribution in [2.45, 2.75) is 33.7 Å². The largest absolute Gasteiger partial charge is 0.492 e. The molecule has 1 aliphatic heterocycles. The van der Waals surface area contributed by atoms with E-state index in [1.165, 1.54) is 25.1 Å². The van der Waals surface area contributed by atoms with Crippen LogP contribution in [0, 0.1) is 11.3 Å². The standard InChI is InChI=1S/C18H30N2O/c1-18(2,3)16-9-10-20(14-16)11-12-21-17-7-5-15(6-8-17)13-19-4/h5-8,16,19H,9-14H2,1-4H3. The van der Waals surface area contributed by atoms with Gasteiger partial charge < -0.3 is 10.1 Å². The highest BCUT2D eigenvalue weighted by molar-refractivity contribution is 5.27. The highest BCUT2D eigenvalue weighted by Crippen LogP contribution is 2.33. The van der Waals surface area contributed by atoms with Crippen LogP contribution < -0.4 is 10.1 Å². The SMILES string of the molecule is CNCc1ccc(OCCN2CCC(C(C)(C)C)C2)cc1. The van der Waals surface area contributed by atoms with E-state index < -0.39 is 0 Å². The van der Waals surface area contributed by atoms with Gasteiger partial charge in [0.25, 0.3) is 0 Å². The number of hydrogen-bond donors (Lipinski definition) is 1. The van der Waals surface area contributed by atoms with Gasteiger partial charge in [-0.25, -0.2) is 0 Å². The van der Waals surface area contributed by atoms with E-state index in [2.05, 4.69) is 55.3 Å². The monoisotopic (exact) mass is 290 g/mol. The third kappa shape index (κ3) is 5.01. The van der Waals surface area contributed by atoms with Crippen molar-refractivity contribution >= 4 is 0 Å². The summed E-state index contributed by atoms with van der Waals surface area (Å²) in [6, 6.07) is 8.37. The van der Waals surface area contributed by atoms with Gasteiger partial charge >= 0.3 is 0 Å². The lowest BCUT2D eigenvalue weighted by atomic mass is 9.80. The molecule has 0 aromatic heterocycles. The molecule has 1 saturated heterocycles. The Hall–Kier alpha value is -1.06. The second-order valence-corrected chi connectivity index (χ2v) is 7.17. The number of nitrogens with zero attached hydrogens (tertiary/aromatic N) is 1. The second kappa shape index (κ2) is 7.28. The van der Waals surface area contributed by atoms with Crippen LogP contribution in [0.1, 0.15) is 32.8 Å². The molecule has 0 spiro atoms. The van der Waals surface area contributed by atoms with Gasteiger partial charge in [0.15, 0.2) is 0 Å². The maximum absolute atomic E-state index is 5.86. The number of nitrogens with one attached hydrogen (secondary N) is 1. The van der Waals surface area contributed by atoms with Gasteiger partial charge in [-0.15, -0.1) is 0 Å². The molecule has 1 N–H and O–H groups in total. The van der Waals surface area contributed by atoms with Gasteiger partial charge in [0.2, 0.25) is 0 Å². The summed E-state index contributed by atoms with van der Waals surface area (Å²) in [4.78, 5) is 2.53. The van der Waals surface area contributed by atoms with Crippen LogP contribution in [-0.2, 0) is 6.54 Å². The zero-order chi connectivity index (χ0) is 15.3. The van der Waals surface area contributed by atoms with E-state index in [1.54, 1.807) is 0 Å². The Bertz CT molecular complexity index is 422. The van der Waals surface area contributed by atoms with Crippen molar-refractivity contribution in [3.05, 3.63) is 29.8 Å². The Morgan fingerprint density at radius 3 is 2.52 bits per heavy atom. The fourth-order valence-corrected chi connectivity index (χ4v) is 2.94. The summed E-state index contributed by atoms with van der Waals surface area (Å²) in [5.41, 5.74) is 1.72. The molecule has 0 radical (unpaired) electrons. The molecule has 1 heterocycles. The van der Waals surface area contributed by atoms with Crippen LogP contribution in [0.4, 0.5) is 0 Å². The normalized spacial score (nSPS) is 19.9. The highest BCUT2D eigenvalue weighted by atomic mass is 16.5. The molecule has 1 fully saturated rings. The van der Waals surface area contributed by atoms with Gasteiger partial charge in [0.05, 0.1) is 0 Å². The molecule has 118 valence electrons. The van der Waals surface area contributed by atoms with Crippen molar-refractivity contribution in [3.63, 3.8) is 0 Å². The third-order valence-electron chi connectivity index (χ3n) is 4.48. The predicted molar refractivity (Wildman–Crippen MR) is 88.7 cm³/mol. The maximum Gasteiger partial charge on any atom is 0.119 e. The Kier molecular flexibility index (Phi) is 5.65. The number of ether oxygens (including phenoxy) is 1. The van der Waals surface area contributed by atoms with Gasteiger partial charge in [-0.1, -0.05) is 32.9 Å². The summed E-state index contributed by atoms with van der Waals surface area (Å²) in [6.07, 6.45) is 1.32. The average molecular weight is 290 g/mol. The van der Waals surface area contributed by atoms with Gasteiger partial charge in [0, 0.05) is 19.6 Å². The first-order valence-corrected chi connectivity index (χ1v) is 8.08. The van der Waals surface area contributed by atoms with E-state index >= 15 is 0 Å². The van der Waals surface area contributed by atoms with Crippen LogP contribution in [-0.4, -0.2) is 38.2 Å². The van der Waals surface area contributed by atoms with Crippen LogP contribution in [0.3, 0.4) is 0 Å². The lowest BCUT2D eigenvalue weighted by Crippen LogP contribution is -2.29. The molecule has 21 heavy (non-hydrogen) atoms. The topological polar surface area (TPSA) is 24.5 Å². The molecule has 2 rings (SSSR count). The minimum Gasteiger partial charge on any atom is -0.492 e. The number of hydrogen-bond acceptors (Lipinski definition) is 3. The average Bonchev–Trinajstić information content (AvgIpc) is 2.90. The molecule has 3 heteroatoms. The number of rotatable bonds is 6. The lowest BCUT2D eigenvalue weighted by Gasteiger charge is -2.27. The highest BCUT2D eigenvalue weighted by Gasteiger charge is 2.31. The van der Waals surface area contributed by atoms with Crippen LogP contribution in [0.5, 0.6) is 5.75 Å². The van der Waals surface area contributed by atoms with Gasteiger partial charge in [-0.05, 0) is 49.0 Å². The molecular weight excluding hydrogens is 260 g/mol. The zero-order valence-corrected chi connectivity index (χ0v) is 14.0. The summed E-state index contributed by atoms with van der Waals surface area (Å²) in [5, 5.41) is 3.15. The molecule has 1 atom stereocenters. The quantitative estimate of drug-likeness (QED) is 0.871. The smallest absolute Gasteiger partial charge is 0.119 e. The van der Waals surface area contributed by atoms with Crippen LogP contribution >= 0.6 is 0 Å². The van der Waals surface area contributed by atoms with Crippen molar-refractivity contribution in [1.29, 1.82) is 0 Å². The number of benzene rings is 1. The summed E-state index contributed by atoms with van der Waals surface area (Å²) in [6.45, 7) is 12.2. The van der Waals surface area contributed by atoms with Crippen molar-refractivity contribution in [2.75, 3.05) is 33.3 Å². The van der Waals surface area contributed by atoms with Gasteiger partial charge in [-0.3, -0.25) is 4.90 Å². The van der Waals surface area contributed by atoms with E-state index in [4.69, 9.17) is 4.74 Å². The van der Waals surface area contributed by atoms with Crippen molar-refractivity contribution < 1.29 is 4.74 Å². The molecule has 1 unspecified atom stereocenters. The van der Waals surface area contributed by atoms with E-state index in [0.29, 0.717) is 5.41 Å². The second-order valence-electron chi connectivity index (χ2n) is 7.17. The van der Waals surface area contributed by atoms with Crippen molar-refractivity contribution in [3.8, 4) is 5.75 Å². The first kappa shape index (κ1) is 16.3. The summed E-state index contributed by atoms with van der Waals surface area (Å²) in [5.74, 6) is 1.79. The van der Waals surface area contributed by atoms with Crippen LogP contribution in [0.15, 0.2) is 24.3 Å². The summed E-state index contributed by atoms with van der Waals surface area (Å²) in [7, 11) is 1.96. The molecule has 0 saturated carbocycles. The molecule has 0 bridgehead atoms. The first-order chi connectivity index (χ1) is 9.99. The molecule has 0 amide bonds. The van der Waals surface area contributed by atoms with Crippen molar-refractivity contribution in [2.24, 2.45) is 11.3 Å². The summed E-state index contributed by atoms with van der Waals surface area (Å²) >= 11 is 0. The van der Waals surface area contributed by atoms with E-state index in [1.807, 2.05) is 7.05 Å². The fourth-order valence-electron chi connectivity index (χ4n) is 2.94. The summed E-state index contributed by atoms with van der Waals surface area (Å²) < 4.78 is 5.86. The van der Waals surface area contributed by atoms with E-state index in [0.717, 1.165) is 31.4 Å². The lowest BCUT2D eigenvalue weighted by molar-refractivity contribution is 0.203. The van der Waals surface area contributed by atoms with Crippen molar-refractivity contribution in [1.82, 2.24) is 10.2 Å². The van der Waals surface area contributed by atoms with E-state index in [-0.39, 0.29) is 0 Å². The first-order valence-electron chi connectivity index (χ1n) is 8.08. The molecule has 0 aliphatic carbocycles.